The number of aromatic nitrogens is 2. The SMILES string of the molecule is CC(C)(C)C(=O)Nc1nnc(S(=O)(=O)NCc2cccc(N3CCCC3=O)c2)s1. The zero-order valence-electron chi connectivity index (χ0n) is 16.4. The molecule has 2 amide bonds. The first kappa shape index (κ1) is 21.3. The fraction of sp³-hybridized carbons (Fsp3) is 0.444. The highest BCUT2D eigenvalue weighted by molar-refractivity contribution is 7.91. The maximum absolute atomic E-state index is 12.5. The molecule has 0 bridgehead atoms. The normalized spacial score (nSPS) is 15.0. The van der Waals surface area contributed by atoms with Crippen molar-refractivity contribution in [2.24, 2.45) is 5.41 Å². The molecule has 1 aliphatic heterocycles. The minimum atomic E-state index is -3.89. The lowest BCUT2D eigenvalue weighted by Gasteiger charge is -2.16. The van der Waals surface area contributed by atoms with E-state index in [1.165, 1.54) is 0 Å². The van der Waals surface area contributed by atoms with Crippen molar-refractivity contribution in [3.8, 4) is 0 Å². The van der Waals surface area contributed by atoms with E-state index in [4.69, 9.17) is 0 Å². The van der Waals surface area contributed by atoms with Gasteiger partial charge >= 0.3 is 0 Å². The van der Waals surface area contributed by atoms with Gasteiger partial charge in [-0.3, -0.25) is 9.59 Å². The molecule has 2 N–H and O–H groups in total. The van der Waals surface area contributed by atoms with Gasteiger partial charge in [-0.15, -0.1) is 10.2 Å². The number of anilines is 2. The van der Waals surface area contributed by atoms with Gasteiger partial charge in [0.05, 0.1) is 0 Å². The number of nitrogens with one attached hydrogen (secondary N) is 2. The van der Waals surface area contributed by atoms with E-state index < -0.39 is 15.4 Å². The summed E-state index contributed by atoms with van der Waals surface area (Å²) in [6.45, 7) is 5.94. The van der Waals surface area contributed by atoms with Crippen LogP contribution in [0.5, 0.6) is 0 Å². The molecule has 156 valence electrons. The number of hydrogen-bond acceptors (Lipinski definition) is 7. The second kappa shape index (κ2) is 8.17. The molecule has 0 saturated carbocycles. The van der Waals surface area contributed by atoms with Gasteiger partial charge in [-0.1, -0.05) is 44.2 Å². The maximum Gasteiger partial charge on any atom is 0.270 e. The number of sulfonamides is 1. The standard InChI is InChI=1S/C18H23N5O4S2/c1-18(2,3)15(25)20-16-21-22-17(28-16)29(26,27)19-11-12-6-4-7-13(10-12)23-9-5-8-14(23)24/h4,6-7,10,19H,5,8-9,11H2,1-3H3,(H,20,21,25). The summed E-state index contributed by atoms with van der Waals surface area (Å²) in [6, 6.07) is 7.19. The number of amides is 2. The van der Waals surface area contributed by atoms with Gasteiger partial charge in [-0.2, -0.15) is 0 Å². The molecule has 1 aliphatic rings. The molecule has 0 unspecified atom stereocenters. The lowest BCUT2D eigenvalue weighted by atomic mass is 9.96. The third-order valence-electron chi connectivity index (χ3n) is 4.30. The monoisotopic (exact) mass is 437 g/mol. The number of carbonyl (C=O) groups excluding carboxylic acids is 2. The summed E-state index contributed by atoms with van der Waals surface area (Å²) in [4.78, 5) is 25.6. The highest BCUT2D eigenvalue weighted by atomic mass is 32.2. The van der Waals surface area contributed by atoms with E-state index in [0.29, 0.717) is 13.0 Å². The first-order valence-electron chi connectivity index (χ1n) is 9.10. The number of rotatable bonds is 6. The summed E-state index contributed by atoms with van der Waals surface area (Å²) in [5, 5.41) is 10.1. The van der Waals surface area contributed by atoms with Crippen LogP contribution in [0.1, 0.15) is 39.2 Å². The Hall–Kier alpha value is -2.37. The zero-order valence-corrected chi connectivity index (χ0v) is 18.1. The minimum absolute atomic E-state index is 0.0431. The molecule has 0 spiro atoms. The molecule has 1 fully saturated rings. The molecular formula is C18H23N5O4S2. The van der Waals surface area contributed by atoms with Gasteiger partial charge in [0.2, 0.25) is 21.3 Å². The van der Waals surface area contributed by atoms with Crippen molar-refractivity contribution in [3.63, 3.8) is 0 Å². The minimum Gasteiger partial charge on any atom is -0.312 e. The summed E-state index contributed by atoms with van der Waals surface area (Å²) >= 11 is 0.786. The molecule has 0 radical (unpaired) electrons. The van der Waals surface area contributed by atoms with Crippen molar-refractivity contribution in [1.29, 1.82) is 0 Å². The first-order valence-corrected chi connectivity index (χ1v) is 11.4. The van der Waals surface area contributed by atoms with Crippen molar-refractivity contribution >= 4 is 44.0 Å². The van der Waals surface area contributed by atoms with Crippen LogP contribution >= 0.6 is 11.3 Å². The fourth-order valence-electron chi connectivity index (χ4n) is 2.65. The summed E-state index contributed by atoms with van der Waals surface area (Å²) in [6.07, 6.45) is 1.35. The number of hydrogen-bond donors (Lipinski definition) is 2. The molecule has 0 atom stereocenters. The Morgan fingerprint density at radius 3 is 2.69 bits per heavy atom. The summed E-state index contributed by atoms with van der Waals surface area (Å²) in [5.41, 5.74) is 0.842. The smallest absolute Gasteiger partial charge is 0.270 e. The van der Waals surface area contributed by atoms with Crippen molar-refractivity contribution < 1.29 is 18.0 Å². The van der Waals surface area contributed by atoms with Crippen LogP contribution in [0, 0.1) is 5.41 Å². The molecule has 1 aromatic heterocycles. The van der Waals surface area contributed by atoms with Gasteiger partial charge in [0, 0.05) is 30.6 Å². The van der Waals surface area contributed by atoms with Gasteiger partial charge in [-0.05, 0) is 24.1 Å². The molecule has 29 heavy (non-hydrogen) atoms. The Morgan fingerprint density at radius 2 is 2.03 bits per heavy atom. The van der Waals surface area contributed by atoms with E-state index in [-0.39, 0.29) is 27.8 Å². The van der Waals surface area contributed by atoms with Crippen LogP contribution in [-0.2, 0) is 26.2 Å². The topological polar surface area (TPSA) is 121 Å². The van der Waals surface area contributed by atoms with E-state index in [1.54, 1.807) is 43.9 Å². The lowest BCUT2D eigenvalue weighted by Crippen LogP contribution is -2.27. The largest absolute Gasteiger partial charge is 0.312 e. The van der Waals surface area contributed by atoms with Crippen LogP contribution < -0.4 is 14.9 Å². The van der Waals surface area contributed by atoms with Gasteiger partial charge in [0.1, 0.15) is 0 Å². The molecule has 0 aliphatic carbocycles. The Kier molecular flexibility index (Phi) is 6.01. The Labute approximate surface area is 173 Å². The van der Waals surface area contributed by atoms with E-state index in [2.05, 4.69) is 20.2 Å². The van der Waals surface area contributed by atoms with E-state index in [9.17, 15) is 18.0 Å². The van der Waals surface area contributed by atoms with Crippen LogP contribution in [-0.4, -0.2) is 37.0 Å². The summed E-state index contributed by atoms with van der Waals surface area (Å²) in [7, 11) is -3.89. The van der Waals surface area contributed by atoms with Crippen molar-refractivity contribution in [2.75, 3.05) is 16.8 Å². The van der Waals surface area contributed by atoms with Crippen LogP contribution in [0.3, 0.4) is 0 Å². The lowest BCUT2D eigenvalue weighted by molar-refractivity contribution is -0.123. The third-order valence-corrected chi connectivity index (χ3v) is 6.91. The van der Waals surface area contributed by atoms with E-state index in [1.807, 2.05) is 6.07 Å². The molecule has 1 saturated heterocycles. The quantitative estimate of drug-likeness (QED) is 0.668. The second-order valence-electron chi connectivity index (χ2n) is 7.72. The van der Waals surface area contributed by atoms with E-state index in [0.717, 1.165) is 29.0 Å². The third kappa shape index (κ3) is 5.17. The highest BCUT2D eigenvalue weighted by Gasteiger charge is 2.25. The molecule has 2 aromatic rings. The van der Waals surface area contributed by atoms with Crippen LogP contribution in [0.4, 0.5) is 10.8 Å². The first-order chi connectivity index (χ1) is 13.6. The van der Waals surface area contributed by atoms with Crippen molar-refractivity contribution in [3.05, 3.63) is 29.8 Å². The Bertz CT molecular complexity index is 1030. The van der Waals surface area contributed by atoms with Crippen molar-refractivity contribution in [1.82, 2.24) is 14.9 Å². The van der Waals surface area contributed by atoms with Crippen LogP contribution in [0.15, 0.2) is 28.6 Å². The average Bonchev–Trinajstić information content (AvgIpc) is 3.29. The molecule has 3 rings (SSSR count). The molecule has 11 heteroatoms. The van der Waals surface area contributed by atoms with Gasteiger partial charge in [0.25, 0.3) is 10.0 Å². The predicted molar refractivity (Wildman–Crippen MR) is 110 cm³/mol. The Balaban J connectivity index is 1.66. The zero-order chi connectivity index (χ0) is 21.2. The molecule has 1 aromatic carbocycles. The van der Waals surface area contributed by atoms with Gasteiger partial charge in [0.15, 0.2) is 0 Å². The van der Waals surface area contributed by atoms with Crippen molar-refractivity contribution in [2.45, 2.75) is 44.5 Å². The Morgan fingerprint density at radius 1 is 1.28 bits per heavy atom. The number of nitrogens with zero attached hydrogens (tertiary/aromatic N) is 3. The molecule has 9 nitrogen and oxygen atoms in total. The van der Waals surface area contributed by atoms with Gasteiger partial charge < -0.3 is 10.2 Å². The van der Waals surface area contributed by atoms with Crippen LogP contribution in [0.2, 0.25) is 0 Å². The molecule has 2 heterocycles. The average molecular weight is 438 g/mol. The number of carbonyl (C=O) groups is 2. The number of benzene rings is 1. The van der Waals surface area contributed by atoms with Gasteiger partial charge in [-0.25, -0.2) is 13.1 Å². The molecular weight excluding hydrogens is 414 g/mol. The second-order valence-corrected chi connectivity index (χ2v) is 10.6. The summed E-state index contributed by atoms with van der Waals surface area (Å²) < 4.78 is 27.3. The van der Waals surface area contributed by atoms with Crippen LogP contribution in [0.25, 0.3) is 0 Å². The predicted octanol–water partition coefficient (Wildman–Crippen LogP) is 2.13. The summed E-state index contributed by atoms with van der Waals surface area (Å²) in [5.74, 6) is -0.208. The van der Waals surface area contributed by atoms with E-state index >= 15 is 0 Å². The fourth-order valence-corrected chi connectivity index (χ4v) is 4.60. The highest BCUT2D eigenvalue weighted by Crippen LogP contribution is 2.24. The maximum atomic E-state index is 12.5.